The third kappa shape index (κ3) is 5.00. The second-order valence-electron chi connectivity index (χ2n) is 7.80. The van der Waals surface area contributed by atoms with E-state index in [-0.39, 0.29) is 16.7 Å². The van der Waals surface area contributed by atoms with Crippen LogP contribution in [-0.4, -0.2) is 53.4 Å². The molecule has 1 aromatic carbocycles. The minimum atomic E-state index is -3.56. The van der Waals surface area contributed by atoms with Crippen LogP contribution in [0.25, 0.3) is 5.82 Å². The number of benzene rings is 1. The van der Waals surface area contributed by atoms with Crippen LogP contribution in [0.4, 0.5) is 0 Å². The first-order valence-electron chi connectivity index (χ1n) is 10.2. The quantitative estimate of drug-likeness (QED) is 0.636. The molecule has 1 saturated heterocycles. The Morgan fingerprint density at radius 3 is 2.68 bits per heavy atom. The Bertz CT molecular complexity index is 1130. The minimum Gasteiger partial charge on any atom is -0.338 e. The van der Waals surface area contributed by atoms with Crippen LogP contribution in [0.3, 0.4) is 0 Å². The average molecular weight is 440 g/mol. The zero-order valence-corrected chi connectivity index (χ0v) is 18.1. The van der Waals surface area contributed by atoms with Crippen molar-refractivity contribution in [2.75, 3.05) is 19.6 Å². The van der Waals surface area contributed by atoms with Crippen molar-refractivity contribution in [2.45, 2.75) is 24.7 Å². The van der Waals surface area contributed by atoms with Crippen molar-refractivity contribution in [1.82, 2.24) is 24.2 Å². The van der Waals surface area contributed by atoms with Crippen molar-refractivity contribution in [1.29, 1.82) is 0 Å². The van der Waals surface area contributed by atoms with Gasteiger partial charge in [0.2, 0.25) is 10.0 Å². The smallest absolute Gasteiger partial charge is 0.255 e. The SMILES string of the molecule is Cc1ccc(S(=O)(=O)NCC2CCCN(C(=O)c3ccc(-n4ccnc4)nc3)C2)cc1. The largest absolute Gasteiger partial charge is 0.338 e. The minimum absolute atomic E-state index is 0.0658. The van der Waals surface area contributed by atoms with Gasteiger partial charge in [-0.2, -0.15) is 0 Å². The lowest BCUT2D eigenvalue weighted by Crippen LogP contribution is -2.43. The molecule has 1 unspecified atom stereocenters. The van der Waals surface area contributed by atoms with E-state index >= 15 is 0 Å². The summed E-state index contributed by atoms with van der Waals surface area (Å²) in [5, 5.41) is 0. The van der Waals surface area contributed by atoms with Crippen LogP contribution in [0.15, 0.2) is 66.2 Å². The molecule has 3 heterocycles. The molecule has 1 fully saturated rings. The molecule has 2 aromatic heterocycles. The molecular weight excluding hydrogens is 414 g/mol. The van der Waals surface area contributed by atoms with Gasteiger partial charge in [-0.3, -0.25) is 9.36 Å². The number of hydrogen-bond acceptors (Lipinski definition) is 5. The highest BCUT2D eigenvalue weighted by Gasteiger charge is 2.26. The van der Waals surface area contributed by atoms with Gasteiger partial charge in [-0.05, 0) is 49.9 Å². The summed E-state index contributed by atoms with van der Waals surface area (Å²) in [4.78, 5) is 23.3. The number of aromatic nitrogens is 3. The van der Waals surface area contributed by atoms with Crippen molar-refractivity contribution in [3.8, 4) is 5.82 Å². The maximum absolute atomic E-state index is 12.9. The zero-order chi connectivity index (χ0) is 21.8. The van der Waals surface area contributed by atoms with Gasteiger partial charge in [0, 0.05) is 38.2 Å². The van der Waals surface area contributed by atoms with Crippen molar-refractivity contribution < 1.29 is 13.2 Å². The molecule has 1 amide bonds. The summed E-state index contributed by atoms with van der Waals surface area (Å²) in [6, 6.07) is 10.3. The first kappa shape index (κ1) is 21.2. The molecule has 9 heteroatoms. The number of hydrogen-bond donors (Lipinski definition) is 1. The number of sulfonamides is 1. The normalized spacial score (nSPS) is 16.9. The van der Waals surface area contributed by atoms with Crippen LogP contribution in [0, 0.1) is 12.8 Å². The van der Waals surface area contributed by atoms with E-state index in [2.05, 4.69) is 14.7 Å². The maximum atomic E-state index is 12.9. The highest BCUT2D eigenvalue weighted by atomic mass is 32.2. The van der Waals surface area contributed by atoms with Gasteiger partial charge in [-0.15, -0.1) is 0 Å². The van der Waals surface area contributed by atoms with Gasteiger partial charge < -0.3 is 4.90 Å². The predicted molar refractivity (Wildman–Crippen MR) is 116 cm³/mol. The summed E-state index contributed by atoms with van der Waals surface area (Å²) in [5.41, 5.74) is 1.53. The van der Waals surface area contributed by atoms with Crippen LogP contribution in [-0.2, 0) is 10.0 Å². The van der Waals surface area contributed by atoms with Gasteiger partial charge in [-0.1, -0.05) is 17.7 Å². The topological polar surface area (TPSA) is 97.2 Å². The van der Waals surface area contributed by atoms with Crippen LogP contribution >= 0.6 is 0 Å². The first-order valence-corrected chi connectivity index (χ1v) is 11.7. The second kappa shape index (κ2) is 8.99. The monoisotopic (exact) mass is 439 g/mol. The number of nitrogens with zero attached hydrogens (tertiary/aromatic N) is 4. The molecule has 1 aliphatic heterocycles. The lowest BCUT2D eigenvalue weighted by molar-refractivity contribution is 0.0676. The molecule has 8 nitrogen and oxygen atoms in total. The molecule has 0 bridgehead atoms. The van der Waals surface area contributed by atoms with Crippen molar-refractivity contribution in [2.24, 2.45) is 5.92 Å². The van der Waals surface area contributed by atoms with Gasteiger partial charge >= 0.3 is 0 Å². The number of carbonyl (C=O) groups is 1. The van der Waals surface area contributed by atoms with Crippen LogP contribution in [0.2, 0.25) is 0 Å². The van der Waals surface area contributed by atoms with Crippen molar-refractivity contribution >= 4 is 15.9 Å². The molecule has 0 radical (unpaired) electrons. The molecular formula is C22H25N5O3S. The average Bonchev–Trinajstić information content (AvgIpc) is 3.33. The Kier molecular flexibility index (Phi) is 6.15. The van der Waals surface area contributed by atoms with E-state index in [1.807, 2.05) is 6.92 Å². The lowest BCUT2D eigenvalue weighted by Gasteiger charge is -2.33. The van der Waals surface area contributed by atoms with E-state index in [4.69, 9.17) is 0 Å². The highest BCUT2D eigenvalue weighted by molar-refractivity contribution is 7.89. The number of likely N-dealkylation sites (tertiary alicyclic amines) is 1. The molecule has 1 aliphatic rings. The van der Waals surface area contributed by atoms with Gasteiger partial charge in [0.15, 0.2) is 0 Å². The van der Waals surface area contributed by atoms with Crippen LogP contribution < -0.4 is 4.72 Å². The molecule has 1 atom stereocenters. The van der Waals surface area contributed by atoms with Gasteiger partial charge in [0.25, 0.3) is 5.91 Å². The standard InChI is InChI=1S/C22H25N5O3S/c1-17-4-7-20(8-5-17)31(29,30)25-13-18-3-2-11-26(15-18)22(28)19-6-9-21(24-14-19)27-12-10-23-16-27/h4-10,12,14,16,18,25H,2-3,11,13,15H2,1H3. The molecule has 1 N–H and O–H groups in total. The Morgan fingerprint density at radius 2 is 2.00 bits per heavy atom. The number of nitrogens with one attached hydrogen (secondary N) is 1. The number of amides is 1. The Balaban J connectivity index is 1.36. The Hall–Kier alpha value is -3.04. The van der Waals surface area contributed by atoms with Gasteiger partial charge in [-0.25, -0.2) is 23.1 Å². The lowest BCUT2D eigenvalue weighted by atomic mass is 9.98. The summed E-state index contributed by atoms with van der Waals surface area (Å²) in [6.45, 7) is 3.39. The molecule has 3 aromatic rings. The fourth-order valence-corrected chi connectivity index (χ4v) is 4.80. The van der Waals surface area contributed by atoms with E-state index in [0.29, 0.717) is 31.0 Å². The molecule has 0 saturated carbocycles. The fraction of sp³-hybridized carbons (Fsp3) is 0.318. The summed E-state index contributed by atoms with van der Waals surface area (Å²) in [5.74, 6) is 0.669. The first-order chi connectivity index (χ1) is 14.9. The number of pyridine rings is 1. The molecule has 4 rings (SSSR count). The third-order valence-corrected chi connectivity index (χ3v) is 6.90. The van der Waals surface area contributed by atoms with Gasteiger partial charge in [0.1, 0.15) is 12.1 Å². The van der Waals surface area contributed by atoms with E-state index in [1.165, 1.54) is 0 Å². The fourth-order valence-electron chi connectivity index (χ4n) is 3.69. The Morgan fingerprint density at radius 1 is 1.19 bits per heavy atom. The molecule has 0 aliphatic carbocycles. The van der Waals surface area contributed by atoms with E-state index in [0.717, 1.165) is 18.4 Å². The zero-order valence-electron chi connectivity index (χ0n) is 17.3. The van der Waals surface area contributed by atoms with Crippen molar-refractivity contribution in [3.05, 3.63) is 72.4 Å². The number of aryl methyl sites for hydroxylation is 1. The second-order valence-corrected chi connectivity index (χ2v) is 9.57. The molecule has 0 spiro atoms. The summed E-state index contributed by atoms with van der Waals surface area (Å²) in [7, 11) is -3.56. The number of carbonyl (C=O) groups excluding carboxylic acids is 1. The van der Waals surface area contributed by atoms with E-state index in [1.54, 1.807) is 70.8 Å². The number of piperidine rings is 1. The summed E-state index contributed by atoms with van der Waals surface area (Å²) in [6.07, 6.45) is 8.39. The predicted octanol–water partition coefficient (Wildman–Crippen LogP) is 2.41. The van der Waals surface area contributed by atoms with E-state index in [9.17, 15) is 13.2 Å². The maximum Gasteiger partial charge on any atom is 0.255 e. The number of imidazole rings is 1. The summed E-state index contributed by atoms with van der Waals surface area (Å²) >= 11 is 0. The third-order valence-electron chi connectivity index (χ3n) is 5.46. The highest BCUT2D eigenvalue weighted by Crippen LogP contribution is 2.19. The summed E-state index contributed by atoms with van der Waals surface area (Å²) < 4.78 is 29.6. The van der Waals surface area contributed by atoms with Crippen molar-refractivity contribution in [3.63, 3.8) is 0 Å². The molecule has 31 heavy (non-hydrogen) atoms. The van der Waals surface area contributed by atoms with Gasteiger partial charge in [0.05, 0.1) is 10.5 Å². The van der Waals surface area contributed by atoms with Crippen LogP contribution in [0.1, 0.15) is 28.8 Å². The van der Waals surface area contributed by atoms with Crippen LogP contribution in [0.5, 0.6) is 0 Å². The molecule has 162 valence electrons. The Labute approximate surface area is 182 Å². The number of rotatable bonds is 6. The van der Waals surface area contributed by atoms with E-state index < -0.39 is 10.0 Å².